The van der Waals surface area contributed by atoms with Gasteiger partial charge in [-0.3, -0.25) is 9.69 Å². The molecule has 4 rings (SSSR count). The number of carboxylic acid groups (broad SMARTS) is 1. The Hall–Kier alpha value is -3.46. The van der Waals surface area contributed by atoms with Crippen molar-refractivity contribution >= 4 is 63.8 Å². The minimum atomic E-state index is -1.04. The summed E-state index contributed by atoms with van der Waals surface area (Å²) in [7, 11) is 0. The van der Waals surface area contributed by atoms with E-state index >= 15 is 0 Å². The number of ether oxygens (including phenoxy) is 2. The number of amidine groups is 1. The molecule has 1 aliphatic rings. The second-order valence-electron chi connectivity index (χ2n) is 8.09. The summed E-state index contributed by atoms with van der Waals surface area (Å²) in [4.78, 5) is 31.0. The summed E-state index contributed by atoms with van der Waals surface area (Å²) in [5.41, 5.74) is 2.16. The van der Waals surface area contributed by atoms with Crippen LogP contribution in [0.2, 0.25) is 10.0 Å². The van der Waals surface area contributed by atoms with Gasteiger partial charge in [-0.15, -0.1) is 0 Å². The van der Waals surface area contributed by atoms with E-state index in [0.29, 0.717) is 56.0 Å². The second-order valence-corrected chi connectivity index (χ2v) is 9.94. The van der Waals surface area contributed by atoms with Gasteiger partial charge in [0.2, 0.25) is 0 Å². The average molecular weight is 571 g/mol. The van der Waals surface area contributed by atoms with Crippen molar-refractivity contribution in [1.29, 1.82) is 0 Å². The Morgan fingerprint density at radius 1 is 1.08 bits per heavy atom. The quantitative estimate of drug-likeness (QED) is 0.271. The SMILES string of the molecule is CCOc1cc(C=C2SC(=Nc3cccc(C(=O)O)c3)N(CC)C2=O)cc(Cl)c1OCc1ccc(Cl)cc1. The smallest absolute Gasteiger partial charge is 0.335 e. The number of halogens is 2. The number of nitrogens with zero attached hydrogens (tertiary/aromatic N) is 2. The molecule has 0 saturated carbocycles. The third-order valence-corrected chi connectivity index (χ3v) is 6.99. The van der Waals surface area contributed by atoms with Crippen LogP contribution in [0.5, 0.6) is 11.5 Å². The maximum absolute atomic E-state index is 13.1. The van der Waals surface area contributed by atoms with Gasteiger partial charge >= 0.3 is 5.97 Å². The number of carbonyl (C=O) groups excluding carboxylic acids is 1. The van der Waals surface area contributed by atoms with E-state index in [9.17, 15) is 14.7 Å². The van der Waals surface area contributed by atoms with Crippen LogP contribution in [0.1, 0.15) is 35.3 Å². The molecule has 38 heavy (non-hydrogen) atoms. The number of benzene rings is 3. The third-order valence-electron chi connectivity index (χ3n) is 5.45. The molecule has 1 saturated heterocycles. The number of amides is 1. The van der Waals surface area contributed by atoms with E-state index in [0.717, 1.165) is 5.56 Å². The largest absolute Gasteiger partial charge is 0.490 e. The van der Waals surface area contributed by atoms with Crippen LogP contribution in [0.3, 0.4) is 0 Å². The fraction of sp³-hybridized carbons (Fsp3) is 0.179. The molecule has 7 nitrogen and oxygen atoms in total. The molecular formula is C28H24Cl2N2O5S. The maximum atomic E-state index is 13.1. The Labute approximate surface area is 234 Å². The number of carbonyl (C=O) groups is 2. The predicted octanol–water partition coefficient (Wildman–Crippen LogP) is 7.29. The Kier molecular flexibility index (Phi) is 8.99. The fourth-order valence-corrected chi connectivity index (χ4v) is 5.11. The summed E-state index contributed by atoms with van der Waals surface area (Å²) < 4.78 is 11.8. The van der Waals surface area contributed by atoms with E-state index < -0.39 is 5.97 Å². The highest BCUT2D eigenvalue weighted by Crippen LogP contribution is 2.40. The summed E-state index contributed by atoms with van der Waals surface area (Å²) in [5, 5.41) is 10.7. The van der Waals surface area contributed by atoms with Gasteiger partial charge in [0.05, 0.1) is 27.8 Å². The van der Waals surface area contributed by atoms with Crippen LogP contribution in [-0.4, -0.2) is 40.2 Å². The standard InChI is InChI=1S/C28H24Cl2N2O5S/c1-3-32-26(33)24(38-28(32)31-21-7-5-6-19(15-21)27(34)35)14-18-12-22(30)25(23(13-18)36-4-2)37-16-17-8-10-20(29)11-9-17/h5-15H,3-4,16H2,1-2H3,(H,34,35). The first-order chi connectivity index (χ1) is 18.3. The lowest BCUT2D eigenvalue weighted by Gasteiger charge is -2.15. The first-order valence-electron chi connectivity index (χ1n) is 11.8. The molecule has 0 aromatic heterocycles. The van der Waals surface area contributed by atoms with Crippen molar-refractivity contribution in [3.8, 4) is 11.5 Å². The van der Waals surface area contributed by atoms with Crippen LogP contribution in [0.4, 0.5) is 5.69 Å². The van der Waals surface area contributed by atoms with Crippen molar-refractivity contribution in [2.24, 2.45) is 4.99 Å². The molecule has 0 spiro atoms. The highest BCUT2D eigenvalue weighted by molar-refractivity contribution is 8.18. The molecule has 3 aromatic carbocycles. The monoisotopic (exact) mass is 570 g/mol. The average Bonchev–Trinajstić information content (AvgIpc) is 3.18. The van der Waals surface area contributed by atoms with Crippen LogP contribution in [-0.2, 0) is 11.4 Å². The Bertz CT molecular complexity index is 1420. The fourth-order valence-electron chi connectivity index (χ4n) is 3.65. The molecule has 3 aromatic rings. The molecule has 1 aliphatic heterocycles. The van der Waals surface area contributed by atoms with Crippen molar-refractivity contribution in [2.45, 2.75) is 20.5 Å². The van der Waals surface area contributed by atoms with Crippen molar-refractivity contribution in [3.05, 3.63) is 92.3 Å². The summed E-state index contributed by atoms with van der Waals surface area (Å²) in [6.07, 6.45) is 1.73. The second kappa shape index (κ2) is 12.4. The number of aromatic carboxylic acids is 1. The van der Waals surface area contributed by atoms with E-state index in [1.807, 2.05) is 26.0 Å². The zero-order valence-corrected chi connectivity index (χ0v) is 22.9. The molecule has 1 N–H and O–H groups in total. The Balaban J connectivity index is 1.61. The van der Waals surface area contributed by atoms with E-state index in [1.54, 1.807) is 47.4 Å². The lowest BCUT2D eigenvalue weighted by Crippen LogP contribution is -2.28. The Morgan fingerprint density at radius 2 is 1.84 bits per heavy atom. The molecule has 1 heterocycles. The highest BCUT2D eigenvalue weighted by atomic mass is 35.5. The van der Waals surface area contributed by atoms with E-state index in [4.69, 9.17) is 32.7 Å². The normalized spacial score (nSPS) is 15.4. The number of carboxylic acids is 1. The molecule has 0 radical (unpaired) electrons. The van der Waals surface area contributed by atoms with E-state index in [1.165, 1.54) is 23.9 Å². The van der Waals surface area contributed by atoms with Gasteiger partial charge in [0, 0.05) is 11.6 Å². The highest BCUT2D eigenvalue weighted by Gasteiger charge is 2.32. The predicted molar refractivity (Wildman–Crippen MR) is 152 cm³/mol. The molecule has 0 unspecified atom stereocenters. The number of rotatable bonds is 9. The van der Waals surface area contributed by atoms with Gasteiger partial charge in [0.25, 0.3) is 5.91 Å². The number of hydrogen-bond acceptors (Lipinski definition) is 6. The van der Waals surface area contributed by atoms with Crippen molar-refractivity contribution in [3.63, 3.8) is 0 Å². The first-order valence-corrected chi connectivity index (χ1v) is 13.3. The first kappa shape index (κ1) is 27.6. The molecule has 196 valence electrons. The van der Waals surface area contributed by atoms with Crippen LogP contribution < -0.4 is 9.47 Å². The van der Waals surface area contributed by atoms with Gasteiger partial charge < -0.3 is 14.6 Å². The molecular weight excluding hydrogens is 547 g/mol. The maximum Gasteiger partial charge on any atom is 0.335 e. The summed E-state index contributed by atoms with van der Waals surface area (Å²) in [5.74, 6) is -0.379. The lowest BCUT2D eigenvalue weighted by molar-refractivity contribution is -0.122. The molecule has 1 fully saturated rings. The van der Waals surface area contributed by atoms with Crippen LogP contribution in [0, 0.1) is 0 Å². The van der Waals surface area contributed by atoms with Gasteiger partial charge in [-0.05, 0) is 85.3 Å². The summed E-state index contributed by atoms with van der Waals surface area (Å²) in [6.45, 7) is 4.79. The summed E-state index contributed by atoms with van der Waals surface area (Å²) in [6, 6.07) is 17.1. The van der Waals surface area contributed by atoms with Gasteiger partial charge in [0.1, 0.15) is 6.61 Å². The Morgan fingerprint density at radius 3 is 2.53 bits per heavy atom. The number of likely N-dealkylation sites (N-methyl/N-ethyl adjacent to an activating group) is 1. The molecule has 0 atom stereocenters. The lowest BCUT2D eigenvalue weighted by atomic mass is 10.1. The van der Waals surface area contributed by atoms with Crippen molar-refractivity contribution < 1.29 is 24.2 Å². The molecule has 10 heteroatoms. The summed E-state index contributed by atoms with van der Waals surface area (Å²) >= 11 is 13.8. The zero-order valence-electron chi connectivity index (χ0n) is 20.6. The van der Waals surface area contributed by atoms with E-state index in [-0.39, 0.29) is 18.1 Å². The van der Waals surface area contributed by atoms with Crippen molar-refractivity contribution in [2.75, 3.05) is 13.2 Å². The topological polar surface area (TPSA) is 88.4 Å². The number of hydrogen-bond donors (Lipinski definition) is 1. The van der Waals surface area contributed by atoms with Crippen LogP contribution in [0.25, 0.3) is 6.08 Å². The van der Waals surface area contributed by atoms with Gasteiger partial charge in [-0.25, -0.2) is 9.79 Å². The van der Waals surface area contributed by atoms with Crippen LogP contribution >= 0.6 is 35.0 Å². The minimum absolute atomic E-state index is 0.122. The third kappa shape index (κ3) is 6.51. The number of thioether (sulfide) groups is 1. The molecule has 0 bridgehead atoms. The molecule has 0 aliphatic carbocycles. The van der Waals surface area contributed by atoms with E-state index in [2.05, 4.69) is 4.99 Å². The van der Waals surface area contributed by atoms with Gasteiger partial charge in [-0.1, -0.05) is 41.4 Å². The van der Waals surface area contributed by atoms with Crippen LogP contribution in [0.15, 0.2) is 70.6 Å². The minimum Gasteiger partial charge on any atom is -0.490 e. The van der Waals surface area contributed by atoms with Gasteiger partial charge in [0.15, 0.2) is 16.7 Å². The molecule has 1 amide bonds. The zero-order chi connectivity index (χ0) is 27.2. The van der Waals surface area contributed by atoms with Crippen molar-refractivity contribution in [1.82, 2.24) is 4.90 Å². The van der Waals surface area contributed by atoms with Gasteiger partial charge in [-0.2, -0.15) is 0 Å². The number of aliphatic imine (C=N–C) groups is 1.